The molecular weight excluding hydrogens is 413 g/mol. The standard InChI is InChI=1S/C21H25F3N4O3/c1-11(2)28-10-14(7-17(28)29)20(30)27-6-4-5-13(9-27)16-8-15(21(22,23)24)18-12(3)26-31-19(18)25-16/h8,11,13-14H,4-7,9-10H2,1-3H3/t13-,14-/m1/s1. The lowest BCUT2D eigenvalue weighted by Crippen LogP contribution is -2.43. The topological polar surface area (TPSA) is 79.5 Å². The van der Waals surface area contributed by atoms with E-state index < -0.39 is 17.7 Å². The molecule has 7 nitrogen and oxygen atoms in total. The van der Waals surface area contributed by atoms with Crippen LogP contribution in [0.5, 0.6) is 0 Å². The maximum Gasteiger partial charge on any atom is 0.417 e. The Bertz CT molecular complexity index is 1020. The number of alkyl halides is 3. The molecule has 2 aromatic heterocycles. The van der Waals surface area contributed by atoms with Gasteiger partial charge in [-0.25, -0.2) is 4.98 Å². The van der Waals surface area contributed by atoms with E-state index in [9.17, 15) is 22.8 Å². The van der Waals surface area contributed by atoms with Gasteiger partial charge in [-0.05, 0) is 39.7 Å². The second kappa shape index (κ2) is 7.80. The van der Waals surface area contributed by atoms with E-state index >= 15 is 0 Å². The lowest BCUT2D eigenvalue weighted by atomic mass is 9.91. The Morgan fingerprint density at radius 2 is 2.03 bits per heavy atom. The zero-order valence-electron chi connectivity index (χ0n) is 17.7. The lowest BCUT2D eigenvalue weighted by molar-refractivity contribution is -0.137. The number of likely N-dealkylation sites (tertiary alicyclic amines) is 2. The maximum absolute atomic E-state index is 13.7. The fourth-order valence-corrected chi connectivity index (χ4v) is 4.62. The number of aromatic nitrogens is 2. The second-order valence-corrected chi connectivity index (χ2v) is 8.70. The first-order chi connectivity index (χ1) is 14.6. The fourth-order valence-electron chi connectivity index (χ4n) is 4.62. The first kappa shape index (κ1) is 21.6. The summed E-state index contributed by atoms with van der Waals surface area (Å²) in [5.41, 5.74) is -0.564. The molecule has 2 amide bonds. The molecule has 2 aromatic rings. The van der Waals surface area contributed by atoms with Gasteiger partial charge in [0.25, 0.3) is 5.71 Å². The van der Waals surface area contributed by atoms with Crippen LogP contribution in [0.25, 0.3) is 11.1 Å². The van der Waals surface area contributed by atoms with Crippen molar-refractivity contribution in [1.82, 2.24) is 19.9 Å². The van der Waals surface area contributed by atoms with E-state index in [4.69, 9.17) is 4.52 Å². The minimum atomic E-state index is -4.57. The average molecular weight is 438 g/mol. The summed E-state index contributed by atoms with van der Waals surface area (Å²) < 4.78 is 46.0. The van der Waals surface area contributed by atoms with Gasteiger partial charge in [0.15, 0.2) is 0 Å². The second-order valence-electron chi connectivity index (χ2n) is 8.70. The van der Waals surface area contributed by atoms with Crippen molar-refractivity contribution in [3.8, 4) is 0 Å². The predicted octanol–water partition coefficient (Wildman–Crippen LogP) is 3.51. The molecule has 0 spiro atoms. The number of aryl methyl sites for hydroxylation is 1. The molecule has 31 heavy (non-hydrogen) atoms. The van der Waals surface area contributed by atoms with E-state index in [1.807, 2.05) is 13.8 Å². The highest BCUT2D eigenvalue weighted by molar-refractivity contribution is 5.89. The zero-order valence-corrected chi connectivity index (χ0v) is 17.7. The first-order valence-corrected chi connectivity index (χ1v) is 10.5. The van der Waals surface area contributed by atoms with Gasteiger partial charge < -0.3 is 14.3 Å². The summed E-state index contributed by atoms with van der Waals surface area (Å²) in [6.07, 6.45) is -3.12. The SMILES string of the molecule is Cc1noc2nc([C@@H]3CCCN(C(=O)[C@@H]4CC(=O)N(C(C)C)C4)C3)cc(C(F)(F)F)c12. The van der Waals surface area contributed by atoms with Gasteiger partial charge in [0.1, 0.15) is 0 Å². The van der Waals surface area contributed by atoms with Crippen molar-refractivity contribution in [1.29, 1.82) is 0 Å². The lowest BCUT2D eigenvalue weighted by Gasteiger charge is -2.34. The highest BCUT2D eigenvalue weighted by Crippen LogP contribution is 2.38. The van der Waals surface area contributed by atoms with Crippen LogP contribution in [0.3, 0.4) is 0 Å². The largest absolute Gasteiger partial charge is 0.417 e. The number of nitrogens with zero attached hydrogens (tertiary/aromatic N) is 4. The summed E-state index contributed by atoms with van der Waals surface area (Å²) in [4.78, 5) is 32.9. The molecule has 0 bridgehead atoms. The van der Waals surface area contributed by atoms with E-state index in [0.717, 1.165) is 6.07 Å². The third-order valence-corrected chi connectivity index (χ3v) is 6.22. The summed E-state index contributed by atoms with van der Waals surface area (Å²) in [6.45, 7) is 6.45. The number of amides is 2. The third-order valence-electron chi connectivity index (χ3n) is 6.22. The number of pyridine rings is 1. The molecule has 0 saturated carbocycles. The summed E-state index contributed by atoms with van der Waals surface area (Å²) in [6, 6.07) is 1.09. The molecule has 168 valence electrons. The molecule has 4 rings (SSSR count). The Labute approximate surface area is 177 Å². The van der Waals surface area contributed by atoms with E-state index in [0.29, 0.717) is 25.9 Å². The van der Waals surface area contributed by atoms with Gasteiger partial charge >= 0.3 is 6.18 Å². The summed E-state index contributed by atoms with van der Waals surface area (Å²) in [5.74, 6) is -0.906. The molecule has 0 aliphatic carbocycles. The molecule has 0 radical (unpaired) electrons. The van der Waals surface area contributed by atoms with E-state index in [-0.39, 0.29) is 59.2 Å². The van der Waals surface area contributed by atoms with Crippen LogP contribution in [0.2, 0.25) is 0 Å². The Hall–Kier alpha value is -2.65. The van der Waals surface area contributed by atoms with Gasteiger partial charge in [0.05, 0.1) is 28.3 Å². The summed E-state index contributed by atoms with van der Waals surface area (Å²) >= 11 is 0. The van der Waals surface area contributed by atoms with Crippen LogP contribution in [0.4, 0.5) is 13.2 Å². The van der Waals surface area contributed by atoms with Crippen LogP contribution in [-0.4, -0.2) is 57.4 Å². The van der Waals surface area contributed by atoms with E-state index in [2.05, 4.69) is 10.1 Å². The van der Waals surface area contributed by atoms with Crippen molar-refractivity contribution in [3.05, 3.63) is 23.0 Å². The van der Waals surface area contributed by atoms with Crippen molar-refractivity contribution in [3.63, 3.8) is 0 Å². The third kappa shape index (κ3) is 3.99. The van der Waals surface area contributed by atoms with Crippen molar-refractivity contribution >= 4 is 22.9 Å². The van der Waals surface area contributed by atoms with Crippen LogP contribution in [-0.2, 0) is 15.8 Å². The number of piperidine rings is 1. The molecule has 0 aromatic carbocycles. The number of carbonyl (C=O) groups excluding carboxylic acids is 2. The molecule has 2 aliphatic heterocycles. The zero-order chi connectivity index (χ0) is 22.5. The van der Waals surface area contributed by atoms with Crippen LogP contribution in [0.15, 0.2) is 10.6 Å². The van der Waals surface area contributed by atoms with Gasteiger partial charge in [-0.15, -0.1) is 0 Å². The number of rotatable bonds is 3. The number of hydrogen-bond acceptors (Lipinski definition) is 5. The van der Waals surface area contributed by atoms with Crippen LogP contribution in [0, 0.1) is 12.8 Å². The number of halogens is 3. The predicted molar refractivity (Wildman–Crippen MR) is 105 cm³/mol. The van der Waals surface area contributed by atoms with Gasteiger partial charge in [0, 0.05) is 38.0 Å². The Morgan fingerprint density at radius 1 is 1.29 bits per heavy atom. The molecule has 0 N–H and O–H groups in total. The highest BCUT2D eigenvalue weighted by Gasteiger charge is 2.40. The molecule has 0 unspecified atom stereocenters. The minimum absolute atomic E-state index is 0.0292. The van der Waals surface area contributed by atoms with Crippen molar-refractivity contribution in [2.24, 2.45) is 5.92 Å². The summed E-state index contributed by atoms with van der Waals surface area (Å²) in [5, 5.41) is 3.51. The van der Waals surface area contributed by atoms with Crippen molar-refractivity contribution in [2.45, 2.75) is 58.2 Å². The Kier molecular flexibility index (Phi) is 5.43. The molecule has 10 heteroatoms. The number of carbonyl (C=O) groups is 2. The number of fused-ring (bicyclic) bond motifs is 1. The van der Waals surface area contributed by atoms with Gasteiger partial charge in [-0.1, -0.05) is 5.16 Å². The smallest absolute Gasteiger partial charge is 0.342 e. The first-order valence-electron chi connectivity index (χ1n) is 10.5. The normalized spacial score (nSPS) is 22.7. The van der Waals surface area contributed by atoms with Gasteiger partial charge in [-0.3, -0.25) is 9.59 Å². The number of hydrogen-bond donors (Lipinski definition) is 0. The van der Waals surface area contributed by atoms with Crippen molar-refractivity contribution in [2.75, 3.05) is 19.6 Å². The average Bonchev–Trinajstić information content (AvgIpc) is 3.29. The summed E-state index contributed by atoms with van der Waals surface area (Å²) in [7, 11) is 0. The van der Waals surface area contributed by atoms with Gasteiger partial charge in [-0.2, -0.15) is 13.2 Å². The van der Waals surface area contributed by atoms with Crippen molar-refractivity contribution < 1.29 is 27.3 Å². The van der Waals surface area contributed by atoms with Gasteiger partial charge in [0.2, 0.25) is 11.8 Å². The van der Waals surface area contributed by atoms with Crippen LogP contribution < -0.4 is 0 Å². The Balaban J connectivity index is 1.57. The van der Waals surface area contributed by atoms with E-state index in [1.165, 1.54) is 6.92 Å². The molecule has 4 heterocycles. The molecule has 2 fully saturated rings. The fraction of sp³-hybridized carbons (Fsp3) is 0.619. The monoisotopic (exact) mass is 438 g/mol. The molecule has 2 atom stereocenters. The molecular formula is C21H25F3N4O3. The quantitative estimate of drug-likeness (QED) is 0.733. The maximum atomic E-state index is 13.7. The Morgan fingerprint density at radius 3 is 2.68 bits per heavy atom. The van der Waals surface area contributed by atoms with Crippen LogP contribution in [0.1, 0.15) is 56.0 Å². The highest BCUT2D eigenvalue weighted by atomic mass is 19.4. The van der Waals surface area contributed by atoms with E-state index in [1.54, 1.807) is 9.80 Å². The molecule has 2 aliphatic rings. The minimum Gasteiger partial charge on any atom is -0.342 e. The molecule has 2 saturated heterocycles. The van der Waals surface area contributed by atoms with Crippen LogP contribution >= 0.6 is 0 Å².